The minimum atomic E-state index is -0.478. The lowest BCUT2D eigenvalue weighted by molar-refractivity contribution is 0.0601. The average molecular weight is 440 g/mol. The van der Waals surface area contributed by atoms with Gasteiger partial charge in [0, 0.05) is 35.1 Å². The quantitative estimate of drug-likeness (QED) is 0.557. The van der Waals surface area contributed by atoms with Crippen molar-refractivity contribution in [3.8, 4) is 0 Å². The molecular weight excluding hydrogens is 414 g/mol. The Balaban J connectivity index is 1.67. The standard InChI is InChI=1S/C23H25N3O4S/c1-4-26(5-2)14-10-9-13-11-16(20(24)30-17(13)12-14)21(27)25-22-19(23(28)29-3)15-7-6-8-18(15)31-22/h9-12,24H,4-8H2,1-3H3,(H,25,27). The topological polar surface area (TPSA) is 95.6 Å². The van der Waals surface area contributed by atoms with Crippen LogP contribution in [0.5, 0.6) is 0 Å². The molecule has 0 aliphatic heterocycles. The van der Waals surface area contributed by atoms with E-state index in [1.54, 1.807) is 6.07 Å². The number of thiophene rings is 1. The molecule has 162 valence electrons. The molecular formula is C23H25N3O4S. The van der Waals surface area contributed by atoms with Crippen molar-refractivity contribution in [1.82, 2.24) is 0 Å². The molecule has 0 radical (unpaired) electrons. The number of nitrogens with one attached hydrogen (secondary N) is 2. The van der Waals surface area contributed by atoms with Crippen LogP contribution in [0.1, 0.15) is 51.4 Å². The smallest absolute Gasteiger partial charge is 0.341 e. The van der Waals surface area contributed by atoms with E-state index in [1.807, 2.05) is 18.2 Å². The Kier molecular flexibility index (Phi) is 5.82. The Labute approximate surface area is 184 Å². The molecule has 2 aromatic heterocycles. The second-order valence-corrected chi connectivity index (χ2v) is 8.50. The summed E-state index contributed by atoms with van der Waals surface area (Å²) >= 11 is 1.40. The summed E-state index contributed by atoms with van der Waals surface area (Å²) in [5, 5.41) is 12.3. The van der Waals surface area contributed by atoms with E-state index < -0.39 is 11.9 Å². The number of hydrogen-bond acceptors (Lipinski definition) is 7. The van der Waals surface area contributed by atoms with Crippen LogP contribution < -0.4 is 15.8 Å². The molecule has 1 aliphatic carbocycles. The van der Waals surface area contributed by atoms with Gasteiger partial charge in [-0.05, 0) is 56.9 Å². The van der Waals surface area contributed by atoms with Gasteiger partial charge in [0.05, 0.1) is 12.7 Å². The van der Waals surface area contributed by atoms with Gasteiger partial charge in [0.15, 0.2) is 0 Å². The zero-order valence-corrected chi connectivity index (χ0v) is 18.6. The number of benzene rings is 1. The van der Waals surface area contributed by atoms with Crippen molar-refractivity contribution in [3.05, 3.63) is 51.4 Å². The van der Waals surface area contributed by atoms with E-state index in [9.17, 15) is 9.59 Å². The van der Waals surface area contributed by atoms with E-state index in [0.717, 1.165) is 53.9 Å². The van der Waals surface area contributed by atoms with Crippen molar-refractivity contribution in [1.29, 1.82) is 5.41 Å². The van der Waals surface area contributed by atoms with Crippen molar-refractivity contribution >= 4 is 44.9 Å². The summed E-state index contributed by atoms with van der Waals surface area (Å²) in [6.45, 7) is 5.89. The lowest BCUT2D eigenvalue weighted by atomic mass is 10.1. The molecule has 0 fully saturated rings. The number of fused-ring (bicyclic) bond motifs is 2. The molecule has 31 heavy (non-hydrogen) atoms. The van der Waals surface area contributed by atoms with E-state index in [1.165, 1.54) is 18.4 Å². The molecule has 0 spiro atoms. The van der Waals surface area contributed by atoms with Crippen LogP contribution in [0.25, 0.3) is 11.0 Å². The maximum absolute atomic E-state index is 13.0. The number of hydrogen-bond donors (Lipinski definition) is 2. The molecule has 7 nitrogen and oxygen atoms in total. The van der Waals surface area contributed by atoms with E-state index in [4.69, 9.17) is 14.6 Å². The van der Waals surface area contributed by atoms with Gasteiger partial charge in [0.25, 0.3) is 5.91 Å². The zero-order valence-electron chi connectivity index (χ0n) is 17.8. The highest BCUT2D eigenvalue weighted by Gasteiger charge is 2.28. The Bertz CT molecular complexity index is 1220. The van der Waals surface area contributed by atoms with Crippen molar-refractivity contribution in [2.24, 2.45) is 0 Å². The largest absolute Gasteiger partial charge is 0.465 e. The summed E-state index contributed by atoms with van der Waals surface area (Å²) in [4.78, 5) is 28.6. The number of carbonyl (C=O) groups excluding carboxylic acids is 2. The molecule has 0 saturated carbocycles. The summed E-state index contributed by atoms with van der Waals surface area (Å²) in [7, 11) is 1.34. The van der Waals surface area contributed by atoms with Gasteiger partial charge < -0.3 is 19.4 Å². The normalized spacial score (nSPS) is 12.6. The number of methoxy groups -OCH3 is 1. The third kappa shape index (κ3) is 3.83. The van der Waals surface area contributed by atoms with Crippen LogP contribution >= 0.6 is 11.3 Å². The van der Waals surface area contributed by atoms with Crippen molar-refractivity contribution in [2.45, 2.75) is 33.1 Å². The Morgan fingerprint density at radius 3 is 2.71 bits per heavy atom. The molecule has 1 amide bonds. The van der Waals surface area contributed by atoms with Crippen molar-refractivity contribution in [3.63, 3.8) is 0 Å². The van der Waals surface area contributed by atoms with Gasteiger partial charge in [-0.1, -0.05) is 0 Å². The first-order chi connectivity index (χ1) is 15.0. The number of carbonyl (C=O) groups is 2. The highest BCUT2D eigenvalue weighted by Crippen LogP contribution is 2.39. The second kappa shape index (κ2) is 8.55. The highest BCUT2D eigenvalue weighted by atomic mass is 32.1. The maximum atomic E-state index is 13.0. The van der Waals surface area contributed by atoms with Gasteiger partial charge in [-0.15, -0.1) is 11.3 Å². The number of nitrogens with zero attached hydrogens (tertiary/aromatic N) is 1. The van der Waals surface area contributed by atoms with E-state index in [2.05, 4.69) is 24.1 Å². The Hall–Kier alpha value is -3.13. The number of aryl methyl sites for hydroxylation is 1. The molecule has 8 heteroatoms. The van der Waals surface area contributed by atoms with Crippen LogP contribution in [0.4, 0.5) is 10.7 Å². The van der Waals surface area contributed by atoms with Crippen LogP contribution in [0, 0.1) is 5.41 Å². The highest BCUT2D eigenvalue weighted by molar-refractivity contribution is 7.17. The molecule has 2 N–H and O–H groups in total. The van der Waals surface area contributed by atoms with Crippen LogP contribution in [0.2, 0.25) is 0 Å². The molecule has 0 bridgehead atoms. The summed E-state index contributed by atoms with van der Waals surface area (Å²) in [5.74, 6) is -0.929. The summed E-state index contributed by atoms with van der Waals surface area (Å²) in [6, 6.07) is 7.42. The van der Waals surface area contributed by atoms with Gasteiger partial charge in [-0.3, -0.25) is 10.2 Å². The third-order valence-electron chi connectivity index (χ3n) is 5.66. The molecule has 0 saturated heterocycles. The average Bonchev–Trinajstić information content (AvgIpc) is 3.34. The predicted molar refractivity (Wildman–Crippen MR) is 121 cm³/mol. The lowest BCUT2D eigenvalue weighted by Crippen LogP contribution is -2.22. The van der Waals surface area contributed by atoms with E-state index in [0.29, 0.717) is 16.1 Å². The number of esters is 1. The molecule has 0 unspecified atom stereocenters. The lowest BCUT2D eigenvalue weighted by Gasteiger charge is -2.21. The zero-order chi connectivity index (χ0) is 22.1. The SMILES string of the molecule is CCN(CC)c1ccc2cc(C(=O)Nc3sc4c(c3C(=O)OC)CCC4)c(=N)oc2c1. The third-order valence-corrected chi connectivity index (χ3v) is 6.87. The first-order valence-electron chi connectivity index (χ1n) is 10.4. The minimum Gasteiger partial charge on any atom is -0.465 e. The first-order valence-corrected chi connectivity index (χ1v) is 11.2. The number of anilines is 2. The molecule has 0 atom stereocenters. The number of ether oxygens (including phenoxy) is 1. The Morgan fingerprint density at radius 2 is 2.00 bits per heavy atom. The minimum absolute atomic E-state index is 0.118. The van der Waals surface area contributed by atoms with E-state index >= 15 is 0 Å². The predicted octanol–water partition coefficient (Wildman–Crippen LogP) is 4.35. The van der Waals surface area contributed by atoms with Gasteiger partial charge in [0.2, 0.25) is 5.55 Å². The fraction of sp³-hybridized carbons (Fsp3) is 0.348. The summed E-state index contributed by atoms with van der Waals surface area (Å²) < 4.78 is 10.6. The first kappa shape index (κ1) is 21.1. The van der Waals surface area contributed by atoms with Crippen molar-refractivity contribution < 1.29 is 18.7 Å². The van der Waals surface area contributed by atoms with Gasteiger partial charge >= 0.3 is 5.97 Å². The van der Waals surface area contributed by atoms with E-state index in [-0.39, 0.29) is 11.1 Å². The Morgan fingerprint density at radius 1 is 1.23 bits per heavy atom. The maximum Gasteiger partial charge on any atom is 0.341 e. The van der Waals surface area contributed by atoms with Crippen LogP contribution in [-0.2, 0) is 17.6 Å². The molecule has 1 aromatic carbocycles. The summed E-state index contributed by atoms with van der Waals surface area (Å²) in [6.07, 6.45) is 2.69. The molecule has 2 heterocycles. The molecule has 1 aliphatic rings. The fourth-order valence-corrected chi connectivity index (χ4v) is 5.32. The summed E-state index contributed by atoms with van der Waals surface area (Å²) in [5.41, 5.74) is 2.86. The van der Waals surface area contributed by atoms with Crippen LogP contribution in [0.3, 0.4) is 0 Å². The van der Waals surface area contributed by atoms with Gasteiger partial charge in [0.1, 0.15) is 16.1 Å². The van der Waals surface area contributed by atoms with Crippen LogP contribution in [0.15, 0.2) is 28.7 Å². The van der Waals surface area contributed by atoms with Gasteiger partial charge in [-0.2, -0.15) is 0 Å². The monoisotopic (exact) mass is 439 g/mol. The second-order valence-electron chi connectivity index (χ2n) is 7.39. The van der Waals surface area contributed by atoms with Gasteiger partial charge in [-0.25, -0.2) is 4.79 Å². The number of rotatable bonds is 6. The molecule has 4 rings (SSSR count). The van der Waals surface area contributed by atoms with Crippen molar-refractivity contribution in [2.75, 3.05) is 30.4 Å². The van der Waals surface area contributed by atoms with Crippen LogP contribution in [-0.4, -0.2) is 32.1 Å². The fourth-order valence-electron chi connectivity index (χ4n) is 4.05. The molecule has 3 aromatic rings. The number of amides is 1.